The summed E-state index contributed by atoms with van der Waals surface area (Å²) in [6.45, 7) is 3.45. The van der Waals surface area contributed by atoms with Gasteiger partial charge in [0.15, 0.2) is 0 Å². The van der Waals surface area contributed by atoms with E-state index in [0.29, 0.717) is 58.7 Å². The number of benzene rings is 4. The lowest BCUT2D eigenvalue weighted by molar-refractivity contribution is -0.145. The number of hydrogen-bond donors (Lipinski definition) is 4. The molecule has 3 amide bonds. The van der Waals surface area contributed by atoms with E-state index in [2.05, 4.69) is 20.9 Å². The predicted octanol–water partition coefficient (Wildman–Crippen LogP) is 6.53. The highest BCUT2D eigenvalue weighted by Gasteiger charge is 2.21. The lowest BCUT2D eigenvalue weighted by atomic mass is 10.0. The number of aromatic nitrogens is 1. The molecule has 5 aromatic rings. The molecular weight excluding hydrogens is 699 g/mol. The van der Waals surface area contributed by atoms with Crippen LogP contribution in [0.2, 0.25) is 0 Å². The number of hydrogen-bond acceptors (Lipinski definition) is 8. The quantitative estimate of drug-likeness (QED) is 0.0583. The molecule has 12 nitrogen and oxygen atoms in total. The van der Waals surface area contributed by atoms with Crippen LogP contribution < -0.4 is 16.0 Å². The molecule has 0 fully saturated rings. The molecule has 0 atom stereocenters. The Balaban J connectivity index is 1.15. The number of nitrogens with one attached hydrogen (secondary N) is 4. The number of likely N-dealkylation sites (N-methyl/N-ethyl adjacent to an activating group) is 1. The molecule has 4 aromatic carbocycles. The van der Waals surface area contributed by atoms with Crippen LogP contribution in [-0.2, 0) is 38.4 Å². The van der Waals surface area contributed by atoms with Crippen LogP contribution in [0.5, 0.6) is 0 Å². The van der Waals surface area contributed by atoms with Crippen LogP contribution in [-0.4, -0.2) is 73.4 Å². The van der Waals surface area contributed by atoms with Gasteiger partial charge in [-0.1, -0.05) is 54.6 Å². The predicted molar refractivity (Wildman–Crippen MR) is 212 cm³/mol. The van der Waals surface area contributed by atoms with Crippen molar-refractivity contribution >= 4 is 52.1 Å². The number of rotatable bonds is 18. The maximum absolute atomic E-state index is 13.7. The molecule has 5 rings (SSSR count). The first-order valence-electron chi connectivity index (χ1n) is 18.3. The smallest absolute Gasteiger partial charge is 0.337 e. The highest BCUT2D eigenvalue weighted by atomic mass is 16.5. The maximum Gasteiger partial charge on any atom is 0.337 e. The third-order valence-corrected chi connectivity index (χ3v) is 9.11. The molecule has 286 valence electrons. The summed E-state index contributed by atoms with van der Waals surface area (Å²) in [5, 5.41) is 9.87. The Hall–Kier alpha value is -6.27. The number of esters is 2. The first kappa shape index (κ1) is 39.9. The summed E-state index contributed by atoms with van der Waals surface area (Å²) in [6.07, 6.45) is 2.78. The number of para-hydroxylation sites is 1. The van der Waals surface area contributed by atoms with Gasteiger partial charge in [-0.25, -0.2) is 4.79 Å². The molecule has 0 aliphatic rings. The van der Waals surface area contributed by atoms with Gasteiger partial charge in [0, 0.05) is 55.3 Å². The van der Waals surface area contributed by atoms with Gasteiger partial charge in [-0.3, -0.25) is 19.2 Å². The third kappa shape index (κ3) is 11.4. The summed E-state index contributed by atoms with van der Waals surface area (Å²) in [4.78, 5) is 67.6. The van der Waals surface area contributed by atoms with Crippen molar-refractivity contribution in [3.8, 4) is 0 Å². The number of fused-ring (bicyclic) bond motifs is 1. The molecule has 0 aliphatic carbocycles. The molecule has 0 saturated carbocycles. The van der Waals surface area contributed by atoms with Crippen molar-refractivity contribution in [1.82, 2.24) is 15.2 Å². The number of carbonyl (C=O) groups is 5. The fraction of sp³-hybridized carbons (Fsp3) is 0.279. The van der Waals surface area contributed by atoms with Crippen LogP contribution in [0.1, 0.15) is 74.0 Å². The molecule has 0 radical (unpaired) electrons. The molecule has 55 heavy (non-hydrogen) atoms. The fourth-order valence-electron chi connectivity index (χ4n) is 6.09. The first-order chi connectivity index (χ1) is 26.6. The molecule has 12 heteroatoms. The van der Waals surface area contributed by atoms with E-state index in [1.807, 2.05) is 66.7 Å². The van der Waals surface area contributed by atoms with Crippen molar-refractivity contribution in [2.24, 2.45) is 0 Å². The second-order valence-electron chi connectivity index (χ2n) is 13.1. The number of H-pyrrole nitrogens is 1. The van der Waals surface area contributed by atoms with Crippen LogP contribution in [0, 0.1) is 0 Å². The van der Waals surface area contributed by atoms with Crippen LogP contribution >= 0.6 is 0 Å². The molecule has 0 aliphatic heterocycles. The summed E-state index contributed by atoms with van der Waals surface area (Å²) in [6, 6.07) is 29.7. The van der Waals surface area contributed by atoms with E-state index >= 15 is 0 Å². The Kier molecular flexibility index (Phi) is 14.3. The molecule has 0 saturated heterocycles. The second kappa shape index (κ2) is 19.7. The van der Waals surface area contributed by atoms with Gasteiger partial charge in [0.1, 0.15) is 5.82 Å². The van der Waals surface area contributed by atoms with E-state index in [1.165, 1.54) is 7.11 Å². The van der Waals surface area contributed by atoms with E-state index in [4.69, 9.17) is 9.47 Å². The normalized spacial score (nSPS) is 10.8. The Labute approximate surface area is 320 Å². The van der Waals surface area contributed by atoms with Crippen molar-refractivity contribution in [3.05, 3.63) is 130 Å². The highest BCUT2D eigenvalue weighted by molar-refractivity contribution is 6.19. The standard InChI is InChI=1S/C43H47N5O7/c1-4-55-38(50)24-23-37(49)48(2)26-25-44-28-31-11-8-12-33(27-31)41(51)47-40-39(35-13-5-6-14-36(35)46-40)42(52)45-34-21-17-30(18-22-34)10-7-9-29-15-19-32(20-16-29)43(53)54-3/h5-6,8,11-22,27,44,46H,4,7,9-10,23-26,28H2,1-3H3,(H,45,52)(H,47,51). The monoisotopic (exact) mass is 745 g/mol. The Morgan fingerprint density at radius 1 is 0.745 bits per heavy atom. The lowest BCUT2D eigenvalue weighted by Crippen LogP contribution is -2.34. The van der Waals surface area contributed by atoms with Crippen LogP contribution in [0.15, 0.2) is 97.1 Å². The van der Waals surface area contributed by atoms with Crippen molar-refractivity contribution in [3.63, 3.8) is 0 Å². The zero-order chi connectivity index (χ0) is 39.2. The number of ether oxygens (including phenoxy) is 2. The van der Waals surface area contributed by atoms with E-state index in [0.717, 1.165) is 36.0 Å². The Morgan fingerprint density at radius 3 is 2.16 bits per heavy atom. The van der Waals surface area contributed by atoms with Gasteiger partial charge in [0.25, 0.3) is 11.8 Å². The van der Waals surface area contributed by atoms with Crippen LogP contribution in [0.4, 0.5) is 11.5 Å². The summed E-state index contributed by atoms with van der Waals surface area (Å²) < 4.78 is 9.65. The molecule has 1 heterocycles. The average Bonchev–Trinajstić information content (AvgIpc) is 3.57. The van der Waals surface area contributed by atoms with Gasteiger partial charge in [-0.2, -0.15) is 0 Å². The van der Waals surface area contributed by atoms with E-state index < -0.39 is 0 Å². The van der Waals surface area contributed by atoms with Gasteiger partial charge in [0.05, 0.1) is 31.3 Å². The molecule has 1 aromatic heterocycles. The minimum absolute atomic E-state index is 0.0548. The number of amides is 3. The minimum atomic E-state index is -0.385. The zero-order valence-corrected chi connectivity index (χ0v) is 31.4. The largest absolute Gasteiger partial charge is 0.466 e. The first-order valence-corrected chi connectivity index (χ1v) is 18.3. The summed E-state index contributed by atoms with van der Waals surface area (Å²) >= 11 is 0. The molecule has 4 N–H and O–H groups in total. The summed E-state index contributed by atoms with van der Waals surface area (Å²) in [7, 11) is 3.06. The van der Waals surface area contributed by atoms with E-state index in [1.54, 1.807) is 49.2 Å². The zero-order valence-electron chi connectivity index (χ0n) is 31.4. The third-order valence-electron chi connectivity index (χ3n) is 9.11. The number of methoxy groups -OCH3 is 1. The van der Waals surface area contributed by atoms with E-state index in [9.17, 15) is 24.0 Å². The molecular formula is C43H47N5O7. The summed E-state index contributed by atoms with van der Waals surface area (Å²) in [5.41, 5.74) is 5.75. The maximum atomic E-state index is 13.7. The van der Waals surface area contributed by atoms with E-state index in [-0.39, 0.29) is 49.1 Å². The van der Waals surface area contributed by atoms with Crippen LogP contribution in [0.3, 0.4) is 0 Å². The average molecular weight is 746 g/mol. The summed E-state index contributed by atoms with van der Waals surface area (Å²) in [5.74, 6) is -1.32. The topological polar surface area (TPSA) is 159 Å². The van der Waals surface area contributed by atoms with Crippen molar-refractivity contribution < 1.29 is 33.4 Å². The van der Waals surface area contributed by atoms with Gasteiger partial charge >= 0.3 is 11.9 Å². The minimum Gasteiger partial charge on any atom is -0.466 e. The lowest BCUT2D eigenvalue weighted by Gasteiger charge is -2.17. The number of carbonyl (C=O) groups excluding carboxylic acids is 5. The van der Waals surface area contributed by atoms with Crippen molar-refractivity contribution in [2.75, 3.05) is 44.5 Å². The molecule has 0 spiro atoms. The number of nitrogens with zero attached hydrogens (tertiary/aromatic N) is 1. The molecule has 0 unspecified atom stereocenters. The van der Waals surface area contributed by atoms with Crippen molar-refractivity contribution in [1.29, 1.82) is 0 Å². The van der Waals surface area contributed by atoms with Gasteiger partial charge in [-0.15, -0.1) is 0 Å². The number of aromatic amines is 1. The van der Waals surface area contributed by atoms with Gasteiger partial charge < -0.3 is 35.3 Å². The highest BCUT2D eigenvalue weighted by Crippen LogP contribution is 2.28. The fourth-order valence-corrected chi connectivity index (χ4v) is 6.09. The SMILES string of the molecule is CCOC(=O)CCC(=O)N(C)CCNCc1cccc(C(=O)Nc2[nH]c3ccccc3c2C(=O)Nc2ccc(CCCc3ccc(C(=O)OC)cc3)cc2)c1. The Bertz CT molecular complexity index is 2110. The van der Waals surface area contributed by atoms with Crippen LogP contribution in [0.25, 0.3) is 10.9 Å². The second-order valence-corrected chi connectivity index (χ2v) is 13.1. The molecule has 0 bridgehead atoms. The van der Waals surface area contributed by atoms with Crippen molar-refractivity contribution in [2.45, 2.75) is 45.6 Å². The van der Waals surface area contributed by atoms with Gasteiger partial charge in [-0.05, 0) is 85.3 Å². The Morgan fingerprint density at radius 2 is 1.45 bits per heavy atom. The van der Waals surface area contributed by atoms with Gasteiger partial charge in [0.2, 0.25) is 5.91 Å². The number of aryl methyl sites for hydroxylation is 2. The number of anilines is 2.